The molecule has 0 N–H and O–H groups in total. The van der Waals surface area contributed by atoms with E-state index in [1.807, 2.05) is 30.3 Å². The van der Waals surface area contributed by atoms with Crippen molar-refractivity contribution in [2.24, 2.45) is 5.41 Å². The molecule has 0 amide bonds. The predicted molar refractivity (Wildman–Crippen MR) is 158 cm³/mol. The standard InChI is InChI=1S/C32H29ClFN3O4/c1-18-13-23-26(15-24(18)34)37(16-21-14-20-9-6-7-11-25(20)35-29(21)33)28(19(2)38)27(23)22-10-8-12-36(30(22)39)17-41-31(40)32(3,4)5/h6-15H,16-17H2,1-5H3. The van der Waals surface area contributed by atoms with Gasteiger partial charge in [-0.25, -0.2) is 9.37 Å². The van der Waals surface area contributed by atoms with Crippen LogP contribution in [0.2, 0.25) is 5.15 Å². The first-order valence-corrected chi connectivity index (χ1v) is 13.5. The summed E-state index contributed by atoms with van der Waals surface area (Å²) in [5.74, 6) is -1.21. The molecule has 5 aromatic rings. The molecule has 210 valence electrons. The highest BCUT2D eigenvalue weighted by Gasteiger charge is 2.27. The van der Waals surface area contributed by atoms with E-state index in [0.29, 0.717) is 27.6 Å². The molecule has 0 aliphatic rings. The third-order valence-corrected chi connectivity index (χ3v) is 7.32. The minimum atomic E-state index is -0.739. The fourth-order valence-corrected chi connectivity index (χ4v) is 5.08. The third kappa shape index (κ3) is 5.27. The Labute approximate surface area is 241 Å². The first-order valence-electron chi connectivity index (χ1n) is 13.1. The second-order valence-corrected chi connectivity index (χ2v) is 11.5. The summed E-state index contributed by atoms with van der Waals surface area (Å²) in [6.45, 7) is 8.04. The maximum Gasteiger partial charge on any atom is 0.312 e. The number of hydrogen-bond donors (Lipinski definition) is 0. The Kier molecular flexibility index (Phi) is 7.30. The molecule has 0 bridgehead atoms. The number of carbonyl (C=O) groups is 2. The van der Waals surface area contributed by atoms with Gasteiger partial charge in [0.2, 0.25) is 0 Å². The number of nitrogens with zero attached hydrogens (tertiary/aromatic N) is 3. The molecule has 0 aliphatic heterocycles. The average molecular weight is 574 g/mol. The van der Waals surface area contributed by atoms with Crippen LogP contribution in [0.1, 0.15) is 49.3 Å². The lowest BCUT2D eigenvalue weighted by Gasteiger charge is -2.17. The van der Waals surface area contributed by atoms with Gasteiger partial charge >= 0.3 is 5.97 Å². The lowest BCUT2D eigenvalue weighted by atomic mass is 9.98. The SMILES string of the molecule is CC(=O)c1c(-c2cccn(COC(=O)C(C)(C)C)c2=O)c2cc(C)c(F)cc2n1Cc1cc2ccccc2nc1Cl. The van der Waals surface area contributed by atoms with E-state index in [-0.39, 0.29) is 35.5 Å². The van der Waals surface area contributed by atoms with Crippen molar-refractivity contribution in [3.63, 3.8) is 0 Å². The molecular weight excluding hydrogens is 545 g/mol. The molecule has 0 aliphatic carbocycles. The zero-order valence-electron chi connectivity index (χ0n) is 23.4. The molecule has 0 saturated heterocycles. The largest absolute Gasteiger partial charge is 0.443 e. The highest BCUT2D eigenvalue weighted by molar-refractivity contribution is 6.30. The van der Waals surface area contributed by atoms with Crippen molar-refractivity contribution in [1.82, 2.24) is 14.1 Å². The monoisotopic (exact) mass is 573 g/mol. The summed E-state index contributed by atoms with van der Waals surface area (Å²) in [5.41, 5.74) is 1.81. The minimum absolute atomic E-state index is 0.120. The molecule has 0 spiro atoms. The Morgan fingerprint density at radius 1 is 1.07 bits per heavy atom. The Morgan fingerprint density at radius 2 is 1.80 bits per heavy atom. The van der Waals surface area contributed by atoms with Gasteiger partial charge in [0.25, 0.3) is 5.56 Å². The van der Waals surface area contributed by atoms with Crippen molar-refractivity contribution in [1.29, 1.82) is 0 Å². The average Bonchev–Trinajstić information content (AvgIpc) is 3.20. The number of carbonyl (C=O) groups excluding carboxylic acids is 2. The van der Waals surface area contributed by atoms with Crippen LogP contribution in [0.3, 0.4) is 0 Å². The van der Waals surface area contributed by atoms with Gasteiger partial charge < -0.3 is 9.30 Å². The Bertz CT molecular complexity index is 1920. The van der Waals surface area contributed by atoms with E-state index in [0.717, 1.165) is 10.9 Å². The van der Waals surface area contributed by atoms with E-state index >= 15 is 0 Å². The van der Waals surface area contributed by atoms with Crippen molar-refractivity contribution >= 4 is 45.2 Å². The maximum atomic E-state index is 15.0. The summed E-state index contributed by atoms with van der Waals surface area (Å²) in [7, 11) is 0. The second kappa shape index (κ2) is 10.6. The van der Waals surface area contributed by atoms with E-state index in [1.165, 1.54) is 23.8 Å². The number of fused-ring (bicyclic) bond motifs is 2. The Morgan fingerprint density at radius 3 is 2.51 bits per heavy atom. The first-order chi connectivity index (χ1) is 19.4. The molecule has 7 nitrogen and oxygen atoms in total. The van der Waals surface area contributed by atoms with Gasteiger partial charge in [-0.1, -0.05) is 29.8 Å². The number of benzene rings is 2. The molecule has 0 atom stereocenters. The topological polar surface area (TPSA) is 83.2 Å². The Hall–Kier alpha value is -4.30. The van der Waals surface area contributed by atoms with Crippen LogP contribution in [0.25, 0.3) is 32.9 Å². The van der Waals surface area contributed by atoms with E-state index < -0.39 is 22.8 Å². The van der Waals surface area contributed by atoms with Gasteiger partial charge in [0.05, 0.1) is 34.3 Å². The van der Waals surface area contributed by atoms with E-state index in [1.54, 1.807) is 50.5 Å². The molecule has 41 heavy (non-hydrogen) atoms. The summed E-state index contributed by atoms with van der Waals surface area (Å²) in [6.07, 6.45) is 1.51. The molecule has 9 heteroatoms. The lowest BCUT2D eigenvalue weighted by molar-refractivity contribution is -0.157. The Balaban J connectivity index is 1.72. The molecule has 0 radical (unpaired) electrons. The summed E-state index contributed by atoms with van der Waals surface area (Å²) in [5, 5.41) is 1.67. The second-order valence-electron chi connectivity index (χ2n) is 11.1. The van der Waals surface area contributed by atoms with Crippen molar-refractivity contribution in [3.05, 3.63) is 98.9 Å². The van der Waals surface area contributed by atoms with Crippen LogP contribution in [-0.2, 0) is 22.8 Å². The fraction of sp³-hybridized carbons (Fsp3) is 0.250. The molecule has 0 saturated carbocycles. The maximum absolute atomic E-state index is 15.0. The van der Waals surface area contributed by atoms with Crippen LogP contribution in [0.15, 0.2) is 65.6 Å². The van der Waals surface area contributed by atoms with Crippen molar-refractivity contribution in [3.8, 4) is 11.1 Å². The van der Waals surface area contributed by atoms with Crippen LogP contribution < -0.4 is 5.56 Å². The predicted octanol–water partition coefficient (Wildman–Crippen LogP) is 6.92. The summed E-state index contributed by atoms with van der Waals surface area (Å²) in [6, 6.07) is 15.7. The van der Waals surface area contributed by atoms with Gasteiger partial charge in [-0.15, -0.1) is 0 Å². The zero-order chi connectivity index (χ0) is 29.6. The smallest absolute Gasteiger partial charge is 0.312 e. The molecule has 3 aromatic heterocycles. The molecule has 3 heterocycles. The third-order valence-electron chi connectivity index (χ3n) is 6.99. The molecule has 2 aromatic carbocycles. The number of ether oxygens (including phenoxy) is 1. The van der Waals surface area contributed by atoms with Crippen LogP contribution >= 0.6 is 11.6 Å². The zero-order valence-corrected chi connectivity index (χ0v) is 24.2. The van der Waals surface area contributed by atoms with Crippen molar-refractivity contribution in [2.75, 3.05) is 0 Å². The number of ketones is 1. The van der Waals surface area contributed by atoms with Gasteiger partial charge in [-0.2, -0.15) is 0 Å². The number of aromatic nitrogens is 3. The number of pyridine rings is 2. The van der Waals surface area contributed by atoms with Gasteiger partial charge in [0.1, 0.15) is 11.0 Å². The summed E-state index contributed by atoms with van der Waals surface area (Å²) >= 11 is 6.58. The number of Topliss-reactive ketones (excluding diaryl/α,β-unsaturated/α-hetero) is 1. The molecular formula is C32H29ClFN3O4. The molecule has 0 unspecified atom stereocenters. The number of halogens is 2. The van der Waals surface area contributed by atoms with E-state index in [4.69, 9.17) is 16.3 Å². The van der Waals surface area contributed by atoms with Crippen LogP contribution in [0.5, 0.6) is 0 Å². The quantitative estimate of drug-likeness (QED) is 0.125. The molecule has 0 fully saturated rings. The van der Waals surface area contributed by atoms with Crippen LogP contribution in [0, 0.1) is 18.2 Å². The highest BCUT2D eigenvalue weighted by atomic mass is 35.5. The number of esters is 1. The van der Waals surface area contributed by atoms with Crippen molar-refractivity contribution < 1.29 is 18.7 Å². The fourth-order valence-electron chi connectivity index (χ4n) is 4.87. The van der Waals surface area contributed by atoms with Gasteiger partial charge in [0, 0.05) is 35.0 Å². The van der Waals surface area contributed by atoms with Gasteiger partial charge in [-0.3, -0.25) is 19.0 Å². The van der Waals surface area contributed by atoms with E-state index in [2.05, 4.69) is 4.98 Å². The first kappa shape index (κ1) is 28.2. The van der Waals surface area contributed by atoms with E-state index in [9.17, 15) is 18.8 Å². The van der Waals surface area contributed by atoms with Crippen LogP contribution in [-0.4, -0.2) is 25.9 Å². The number of aryl methyl sites for hydroxylation is 1. The van der Waals surface area contributed by atoms with Crippen molar-refractivity contribution in [2.45, 2.75) is 47.9 Å². The number of rotatable bonds is 6. The molecule has 5 rings (SSSR count). The number of para-hydroxylation sites is 1. The number of hydrogen-bond acceptors (Lipinski definition) is 5. The summed E-state index contributed by atoms with van der Waals surface area (Å²) < 4.78 is 23.3. The van der Waals surface area contributed by atoms with Gasteiger partial charge in [0.15, 0.2) is 12.5 Å². The highest BCUT2D eigenvalue weighted by Crippen LogP contribution is 2.37. The normalized spacial score (nSPS) is 11.8. The minimum Gasteiger partial charge on any atom is -0.443 e. The lowest BCUT2D eigenvalue weighted by Crippen LogP contribution is -2.28. The van der Waals surface area contributed by atoms with Gasteiger partial charge in [-0.05, 0) is 69.7 Å². The summed E-state index contributed by atoms with van der Waals surface area (Å²) in [4.78, 5) is 43.8. The van der Waals surface area contributed by atoms with Crippen LogP contribution in [0.4, 0.5) is 4.39 Å².